The van der Waals surface area contributed by atoms with Crippen LogP contribution in [0.2, 0.25) is 0 Å². The minimum Gasteiger partial charge on any atom is -0.395 e. The van der Waals surface area contributed by atoms with Gasteiger partial charge in [-0.05, 0) is 44.4 Å². The van der Waals surface area contributed by atoms with Crippen molar-refractivity contribution in [1.29, 1.82) is 0 Å². The van der Waals surface area contributed by atoms with E-state index < -0.39 is 10.2 Å². The summed E-state index contributed by atoms with van der Waals surface area (Å²) in [6.45, 7) is 2.68. The second-order valence-corrected chi connectivity index (χ2v) is 8.49. The number of hydrogen-bond acceptors (Lipinski definition) is 3. The van der Waals surface area contributed by atoms with Gasteiger partial charge in [-0.3, -0.25) is 0 Å². The Kier molecular flexibility index (Phi) is 6.05. The van der Waals surface area contributed by atoms with E-state index in [0.29, 0.717) is 6.54 Å². The molecule has 0 spiro atoms. The van der Waals surface area contributed by atoms with Crippen LogP contribution in [-0.2, 0) is 10.2 Å². The van der Waals surface area contributed by atoms with Crippen molar-refractivity contribution in [2.45, 2.75) is 70.4 Å². The molecule has 1 unspecified atom stereocenters. The molecule has 0 radical (unpaired) electrons. The van der Waals surface area contributed by atoms with Crippen LogP contribution in [0.25, 0.3) is 0 Å². The predicted octanol–water partition coefficient (Wildman–Crippen LogP) is 1.98. The molecule has 1 saturated heterocycles. The van der Waals surface area contributed by atoms with Crippen molar-refractivity contribution in [3.05, 3.63) is 0 Å². The summed E-state index contributed by atoms with van der Waals surface area (Å²) in [6.07, 6.45) is 8.05. The lowest BCUT2D eigenvalue weighted by Gasteiger charge is -2.40. The molecule has 6 heteroatoms. The van der Waals surface area contributed by atoms with Gasteiger partial charge in [0.2, 0.25) is 0 Å². The molecule has 0 aromatic rings. The van der Waals surface area contributed by atoms with Gasteiger partial charge in [0.25, 0.3) is 10.2 Å². The summed E-state index contributed by atoms with van der Waals surface area (Å²) in [7, 11) is -1.72. The van der Waals surface area contributed by atoms with Gasteiger partial charge < -0.3 is 5.11 Å². The van der Waals surface area contributed by atoms with E-state index in [2.05, 4.69) is 6.92 Å². The SMILES string of the molecule is CCC1CCC(N(C)S(=O)(=O)N2CCCCC2CO)CC1. The van der Waals surface area contributed by atoms with E-state index in [0.717, 1.165) is 50.9 Å². The van der Waals surface area contributed by atoms with E-state index in [-0.39, 0.29) is 18.7 Å². The van der Waals surface area contributed by atoms with Gasteiger partial charge in [-0.25, -0.2) is 0 Å². The number of rotatable bonds is 5. The van der Waals surface area contributed by atoms with Gasteiger partial charge in [-0.15, -0.1) is 0 Å². The van der Waals surface area contributed by atoms with Gasteiger partial charge in [-0.2, -0.15) is 17.0 Å². The number of hydrogen-bond donors (Lipinski definition) is 1. The zero-order chi connectivity index (χ0) is 15.5. The molecule has 1 atom stereocenters. The summed E-state index contributed by atoms with van der Waals surface area (Å²) in [5.41, 5.74) is 0. The predicted molar refractivity (Wildman–Crippen MR) is 84.2 cm³/mol. The highest BCUT2D eigenvalue weighted by Gasteiger charge is 2.38. The molecular weight excluding hydrogens is 288 g/mol. The second-order valence-electron chi connectivity index (χ2n) is 6.55. The number of piperidine rings is 1. The third kappa shape index (κ3) is 3.78. The van der Waals surface area contributed by atoms with E-state index >= 15 is 0 Å². The average Bonchev–Trinajstić information content (AvgIpc) is 2.54. The number of aliphatic hydroxyl groups excluding tert-OH is 1. The van der Waals surface area contributed by atoms with E-state index in [1.807, 2.05) is 0 Å². The number of aliphatic hydroxyl groups is 1. The maximum absolute atomic E-state index is 12.8. The van der Waals surface area contributed by atoms with E-state index in [9.17, 15) is 13.5 Å². The Hall–Kier alpha value is -0.170. The molecule has 2 rings (SSSR count). The Morgan fingerprint density at radius 3 is 2.38 bits per heavy atom. The monoisotopic (exact) mass is 318 g/mol. The average molecular weight is 318 g/mol. The van der Waals surface area contributed by atoms with Crippen LogP contribution in [0.15, 0.2) is 0 Å². The molecule has 124 valence electrons. The summed E-state index contributed by atoms with van der Waals surface area (Å²) < 4.78 is 28.8. The standard InChI is InChI=1S/C15H30N2O3S/c1-3-13-7-9-14(10-8-13)16(2)21(19,20)17-11-5-4-6-15(17)12-18/h13-15,18H,3-12H2,1-2H3. The summed E-state index contributed by atoms with van der Waals surface area (Å²) >= 11 is 0. The fourth-order valence-electron chi connectivity index (χ4n) is 3.73. The fourth-order valence-corrected chi connectivity index (χ4v) is 5.56. The maximum atomic E-state index is 12.8. The summed E-state index contributed by atoms with van der Waals surface area (Å²) in [5, 5.41) is 9.46. The summed E-state index contributed by atoms with van der Waals surface area (Å²) in [4.78, 5) is 0. The second kappa shape index (κ2) is 7.40. The molecule has 2 aliphatic rings. The van der Waals surface area contributed by atoms with Gasteiger partial charge >= 0.3 is 0 Å². The smallest absolute Gasteiger partial charge is 0.282 e. The molecule has 0 bridgehead atoms. The third-order valence-electron chi connectivity index (χ3n) is 5.35. The maximum Gasteiger partial charge on any atom is 0.282 e. The molecule has 1 aliphatic carbocycles. The van der Waals surface area contributed by atoms with Crippen LogP contribution in [0, 0.1) is 5.92 Å². The Labute approximate surface area is 129 Å². The molecule has 1 saturated carbocycles. The molecule has 2 fully saturated rings. The molecule has 0 amide bonds. The van der Waals surface area contributed by atoms with Crippen molar-refractivity contribution >= 4 is 10.2 Å². The van der Waals surface area contributed by atoms with Crippen LogP contribution in [0.1, 0.15) is 58.3 Å². The van der Waals surface area contributed by atoms with Gasteiger partial charge in [0.05, 0.1) is 6.61 Å². The van der Waals surface area contributed by atoms with Gasteiger partial charge in [0.1, 0.15) is 0 Å². The Morgan fingerprint density at radius 1 is 1.14 bits per heavy atom. The summed E-state index contributed by atoms with van der Waals surface area (Å²) in [5.74, 6) is 0.762. The van der Waals surface area contributed by atoms with Crippen molar-refractivity contribution in [3.8, 4) is 0 Å². The minimum atomic E-state index is -3.44. The first-order valence-electron chi connectivity index (χ1n) is 8.36. The van der Waals surface area contributed by atoms with Crippen molar-refractivity contribution in [1.82, 2.24) is 8.61 Å². The lowest BCUT2D eigenvalue weighted by Crippen LogP contribution is -2.53. The topological polar surface area (TPSA) is 60.9 Å². The first-order chi connectivity index (χ1) is 10.0. The molecule has 5 nitrogen and oxygen atoms in total. The van der Waals surface area contributed by atoms with Gasteiger partial charge in [0.15, 0.2) is 0 Å². The Balaban J connectivity index is 2.04. The lowest BCUT2D eigenvalue weighted by molar-refractivity contribution is 0.142. The van der Waals surface area contributed by atoms with E-state index in [1.165, 1.54) is 10.7 Å². The third-order valence-corrected chi connectivity index (χ3v) is 7.45. The molecule has 1 N–H and O–H groups in total. The highest BCUT2D eigenvalue weighted by atomic mass is 32.2. The van der Waals surface area contributed by atoms with Crippen molar-refractivity contribution in [2.75, 3.05) is 20.2 Å². The molecule has 21 heavy (non-hydrogen) atoms. The molecule has 0 aromatic heterocycles. The van der Waals surface area contributed by atoms with Gasteiger partial charge in [-0.1, -0.05) is 19.8 Å². The summed E-state index contributed by atoms with van der Waals surface area (Å²) in [6, 6.07) is -0.114. The highest BCUT2D eigenvalue weighted by molar-refractivity contribution is 7.86. The van der Waals surface area contributed by atoms with Crippen molar-refractivity contribution < 1.29 is 13.5 Å². The van der Waals surface area contributed by atoms with Crippen LogP contribution in [0.5, 0.6) is 0 Å². The quantitative estimate of drug-likeness (QED) is 0.843. The highest BCUT2D eigenvalue weighted by Crippen LogP contribution is 2.31. The van der Waals surface area contributed by atoms with Crippen LogP contribution >= 0.6 is 0 Å². The number of nitrogens with zero attached hydrogens (tertiary/aromatic N) is 2. The molecule has 1 aliphatic heterocycles. The van der Waals surface area contributed by atoms with Crippen molar-refractivity contribution in [2.24, 2.45) is 5.92 Å². The van der Waals surface area contributed by atoms with Crippen LogP contribution in [-0.4, -0.2) is 54.4 Å². The minimum absolute atomic E-state index is 0.0738. The molecule has 1 heterocycles. The van der Waals surface area contributed by atoms with Crippen molar-refractivity contribution in [3.63, 3.8) is 0 Å². The van der Waals surface area contributed by atoms with Crippen LogP contribution < -0.4 is 0 Å². The molecular formula is C15H30N2O3S. The fraction of sp³-hybridized carbons (Fsp3) is 1.00. The van der Waals surface area contributed by atoms with Crippen LogP contribution in [0.3, 0.4) is 0 Å². The van der Waals surface area contributed by atoms with Gasteiger partial charge in [0, 0.05) is 25.7 Å². The first-order valence-corrected chi connectivity index (χ1v) is 9.76. The largest absolute Gasteiger partial charge is 0.395 e. The van der Waals surface area contributed by atoms with E-state index in [4.69, 9.17) is 0 Å². The van der Waals surface area contributed by atoms with Crippen LogP contribution in [0.4, 0.5) is 0 Å². The lowest BCUT2D eigenvalue weighted by atomic mass is 9.85. The zero-order valence-electron chi connectivity index (χ0n) is 13.4. The Morgan fingerprint density at radius 2 is 1.81 bits per heavy atom. The molecule has 0 aromatic carbocycles. The Bertz CT molecular complexity index is 419. The van der Waals surface area contributed by atoms with E-state index in [1.54, 1.807) is 11.4 Å². The zero-order valence-corrected chi connectivity index (χ0v) is 14.2. The first kappa shape index (κ1) is 17.2. The normalized spacial score (nSPS) is 32.5.